The molecule has 2 heteroatoms. The van der Waals surface area contributed by atoms with Crippen LogP contribution in [0.1, 0.15) is 57.9 Å². The molecule has 118 valence electrons. The van der Waals surface area contributed by atoms with Crippen molar-refractivity contribution in [2.24, 2.45) is 0 Å². The van der Waals surface area contributed by atoms with Crippen LogP contribution in [-0.2, 0) is 6.42 Å². The maximum absolute atomic E-state index is 3.58. The van der Waals surface area contributed by atoms with Gasteiger partial charge in [0.1, 0.15) is 0 Å². The van der Waals surface area contributed by atoms with E-state index in [1.165, 1.54) is 63.7 Å². The van der Waals surface area contributed by atoms with E-state index in [0.717, 1.165) is 6.54 Å². The molecule has 1 heterocycles. The van der Waals surface area contributed by atoms with Crippen LogP contribution in [0.2, 0.25) is 0 Å². The topological polar surface area (TPSA) is 15.3 Å². The summed E-state index contributed by atoms with van der Waals surface area (Å²) in [4.78, 5) is 2.62. The Labute approximate surface area is 130 Å². The van der Waals surface area contributed by atoms with E-state index in [0.29, 0.717) is 6.04 Å². The fourth-order valence-electron chi connectivity index (χ4n) is 3.25. The summed E-state index contributed by atoms with van der Waals surface area (Å²) in [7, 11) is 0. The van der Waals surface area contributed by atoms with Gasteiger partial charge >= 0.3 is 0 Å². The number of unbranched alkanes of at least 4 members (excludes halogenated alkanes) is 1. The summed E-state index contributed by atoms with van der Waals surface area (Å²) in [5, 5.41) is 3.58. The Morgan fingerprint density at radius 3 is 2.90 bits per heavy atom. The van der Waals surface area contributed by atoms with Crippen LogP contribution in [0.25, 0.3) is 0 Å². The average molecular weight is 288 g/mol. The van der Waals surface area contributed by atoms with Gasteiger partial charge in [0.2, 0.25) is 0 Å². The molecule has 1 aromatic rings. The van der Waals surface area contributed by atoms with Crippen LogP contribution < -0.4 is 10.2 Å². The first-order valence-electron chi connectivity index (χ1n) is 8.87. The lowest BCUT2D eigenvalue weighted by Crippen LogP contribution is -2.28. The molecule has 0 fully saturated rings. The minimum absolute atomic E-state index is 0.668. The Kier molecular flexibility index (Phi) is 7.08. The quantitative estimate of drug-likeness (QED) is 0.714. The number of para-hydroxylation sites is 1. The second kappa shape index (κ2) is 9.09. The Balaban J connectivity index is 1.75. The second-order valence-corrected chi connectivity index (χ2v) is 6.42. The maximum atomic E-state index is 3.58. The van der Waals surface area contributed by atoms with E-state index in [1.54, 1.807) is 5.56 Å². The molecule has 1 aromatic carbocycles. The third-order valence-electron chi connectivity index (χ3n) is 4.51. The lowest BCUT2D eigenvalue weighted by molar-refractivity contribution is 0.488. The highest BCUT2D eigenvalue weighted by Crippen LogP contribution is 2.26. The third kappa shape index (κ3) is 5.35. The fourth-order valence-corrected chi connectivity index (χ4v) is 3.25. The Morgan fingerprint density at radius 1 is 1.19 bits per heavy atom. The number of benzene rings is 1. The van der Waals surface area contributed by atoms with Gasteiger partial charge in [0.05, 0.1) is 0 Å². The standard InChI is InChI=1S/C19H32N2/c1-3-14-20-17(2)10-6-8-15-21-16-9-7-12-18-11-4-5-13-19(18)21/h4-5,11,13,17,20H,3,6-10,12,14-16H2,1-2H3. The lowest BCUT2D eigenvalue weighted by atomic mass is 10.1. The number of rotatable bonds is 8. The van der Waals surface area contributed by atoms with Gasteiger partial charge in [0, 0.05) is 24.8 Å². The molecule has 1 unspecified atom stereocenters. The highest BCUT2D eigenvalue weighted by Gasteiger charge is 2.14. The molecule has 1 atom stereocenters. The number of anilines is 1. The molecule has 1 aliphatic heterocycles. The first-order chi connectivity index (χ1) is 10.3. The van der Waals surface area contributed by atoms with Crippen LogP contribution in [0.15, 0.2) is 24.3 Å². The maximum Gasteiger partial charge on any atom is 0.0398 e. The van der Waals surface area contributed by atoms with E-state index in [9.17, 15) is 0 Å². The summed E-state index contributed by atoms with van der Waals surface area (Å²) in [5.41, 5.74) is 3.04. The summed E-state index contributed by atoms with van der Waals surface area (Å²) in [6.07, 6.45) is 9.10. The van der Waals surface area contributed by atoms with E-state index < -0.39 is 0 Å². The van der Waals surface area contributed by atoms with Crippen molar-refractivity contribution < 1.29 is 0 Å². The second-order valence-electron chi connectivity index (χ2n) is 6.42. The van der Waals surface area contributed by atoms with Crippen LogP contribution in [0.5, 0.6) is 0 Å². The van der Waals surface area contributed by atoms with Gasteiger partial charge in [-0.3, -0.25) is 0 Å². The monoisotopic (exact) mass is 288 g/mol. The van der Waals surface area contributed by atoms with Gasteiger partial charge in [-0.15, -0.1) is 0 Å². The molecule has 0 bridgehead atoms. The molecular weight excluding hydrogens is 256 g/mol. The summed E-state index contributed by atoms with van der Waals surface area (Å²) in [5.74, 6) is 0. The molecule has 0 aromatic heterocycles. The van der Waals surface area contributed by atoms with Crippen molar-refractivity contribution in [2.75, 3.05) is 24.5 Å². The highest BCUT2D eigenvalue weighted by molar-refractivity contribution is 5.54. The lowest BCUT2D eigenvalue weighted by Gasteiger charge is -2.25. The predicted octanol–water partition coefficient (Wildman–Crippen LogP) is 4.39. The number of nitrogens with one attached hydrogen (secondary N) is 1. The van der Waals surface area contributed by atoms with Crippen LogP contribution in [0, 0.1) is 0 Å². The summed E-state index contributed by atoms with van der Waals surface area (Å²) >= 11 is 0. The van der Waals surface area contributed by atoms with Crippen molar-refractivity contribution in [1.82, 2.24) is 5.32 Å². The Hall–Kier alpha value is -1.02. The first kappa shape index (κ1) is 16.4. The van der Waals surface area contributed by atoms with Crippen molar-refractivity contribution in [2.45, 2.75) is 64.8 Å². The van der Waals surface area contributed by atoms with Crippen LogP contribution in [-0.4, -0.2) is 25.7 Å². The van der Waals surface area contributed by atoms with Crippen LogP contribution >= 0.6 is 0 Å². The van der Waals surface area contributed by atoms with Crippen molar-refractivity contribution in [3.63, 3.8) is 0 Å². The largest absolute Gasteiger partial charge is 0.371 e. The van der Waals surface area contributed by atoms with Crippen molar-refractivity contribution in [3.8, 4) is 0 Å². The van der Waals surface area contributed by atoms with E-state index in [2.05, 4.69) is 48.3 Å². The fraction of sp³-hybridized carbons (Fsp3) is 0.684. The molecule has 21 heavy (non-hydrogen) atoms. The summed E-state index contributed by atoms with van der Waals surface area (Å²) in [6, 6.07) is 9.66. The zero-order chi connectivity index (χ0) is 14.9. The molecule has 0 spiro atoms. The molecule has 0 saturated heterocycles. The number of hydrogen-bond donors (Lipinski definition) is 1. The van der Waals surface area contributed by atoms with Crippen molar-refractivity contribution in [1.29, 1.82) is 0 Å². The van der Waals surface area contributed by atoms with E-state index in [4.69, 9.17) is 0 Å². The third-order valence-corrected chi connectivity index (χ3v) is 4.51. The Bertz CT molecular complexity index is 402. The summed E-state index contributed by atoms with van der Waals surface area (Å²) in [6.45, 7) is 8.16. The zero-order valence-corrected chi connectivity index (χ0v) is 13.9. The highest BCUT2D eigenvalue weighted by atomic mass is 15.1. The summed E-state index contributed by atoms with van der Waals surface area (Å²) < 4.78 is 0. The number of nitrogens with zero attached hydrogens (tertiary/aromatic N) is 1. The number of aryl methyl sites for hydroxylation is 1. The van der Waals surface area contributed by atoms with Gasteiger partial charge in [-0.25, -0.2) is 0 Å². The Morgan fingerprint density at radius 2 is 2.05 bits per heavy atom. The van der Waals surface area contributed by atoms with Gasteiger partial charge in [0.25, 0.3) is 0 Å². The van der Waals surface area contributed by atoms with Gasteiger partial charge in [-0.1, -0.05) is 31.5 Å². The average Bonchev–Trinajstić information content (AvgIpc) is 2.72. The molecule has 0 saturated carbocycles. The SMILES string of the molecule is CCCNC(C)CCCCN1CCCCc2ccccc21. The smallest absolute Gasteiger partial charge is 0.0398 e. The van der Waals surface area contributed by atoms with Gasteiger partial charge in [-0.05, 0) is 63.6 Å². The van der Waals surface area contributed by atoms with Crippen molar-refractivity contribution >= 4 is 5.69 Å². The van der Waals surface area contributed by atoms with E-state index in [-0.39, 0.29) is 0 Å². The van der Waals surface area contributed by atoms with Gasteiger partial charge < -0.3 is 10.2 Å². The predicted molar refractivity (Wildman–Crippen MR) is 93.2 cm³/mol. The van der Waals surface area contributed by atoms with Crippen LogP contribution in [0.4, 0.5) is 5.69 Å². The molecular formula is C19H32N2. The van der Waals surface area contributed by atoms with Crippen molar-refractivity contribution in [3.05, 3.63) is 29.8 Å². The molecule has 0 radical (unpaired) electrons. The zero-order valence-electron chi connectivity index (χ0n) is 13.9. The molecule has 1 aliphatic rings. The minimum atomic E-state index is 0.668. The molecule has 2 nitrogen and oxygen atoms in total. The van der Waals surface area contributed by atoms with E-state index >= 15 is 0 Å². The minimum Gasteiger partial charge on any atom is -0.371 e. The number of hydrogen-bond acceptors (Lipinski definition) is 2. The van der Waals surface area contributed by atoms with Crippen LogP contribution in [0.3, 0.4) is 0 Å². The van der Waals surface area contributed by atoms with Gasteiger partial charge in [-0.2, -0.15) is 0 Å². The molecule has 0 amide bonds. The molecule has 0 aliphatic carbocycles. The molecule has 2 rings (SSSR count). The van der Waals surface area contributed by atoms with Gasteiger partial charge in [0.15, 0.2) is 0 Å². The number of fused-ring (bicyclic) bond motifs is 1. The van der Waals surface area contributed by atoms with E-state index in [1.807, 2.05) is 0 Å². The normalized spacial score (nSPS) is 16.4. The first-order valence-corrected chi connectivity index (χ1v) is 8.87. The molecule has 1 N–H and O–H groups in total.